The molecular weight excluding hydrogens is 422 g/mol. The minimum Gasteiger partial charge on any atom is -0.494 e. The maximum absolute atomic E-state index is 13.3. The van der Waals surface area contributed by atoms with E-state index >= 15 is 0 Å². The zero-order valence-electron chi connectivity index (χ0n) is 18.3. The second kappa shape index (κ2) is 10.8. The summed E-state index contributed by atoms with van der Waals surface area (Å²) in [6.07, 6.45) is 4.61. The van der Waals surface area contributed by atoms with E-state index in [1.54, 1.807) is 36.4 Å². The molecule has 0 spiro atoms. The summed E-state index contributed by atoms with van der Waals surface area (Å²) in [7, 11) is -4.08. The van der Waals surface area contributed by atoms with E-state index in [9.17, 15) is 13.2 Å². The van der Waals surface area contributed by atoms with Crippen molar-refractivity contribution in [3.05, 3.63) is 96.1 Å². The van der Waals surface area contributed by atoms with Gasteiger partial charge in [0, 0.05) is 6.08 Å². The Morgan fingerprint density at radius 3 is 2.16 bits per heavy atom. The van der Waals surface area contributed by atoms with Crippen molar-refractivity contribution in [1.29, 1.82) is 0 Å². The molecule has 0 fully saturated rings. The zero-order chi connectivity index (χ0) is 23.0. The number of sulfonamides is 1. The predicted molar refractivity (Wildman–Crippen MR) is 128 cm³/mol. The Morgan fingerprint density at radius 2 is 1.56 bits per heavy atom. The molecule has 0 N–H and O–H groups in total. The average molecular weight is 450 g/mol. The van der Waals surface area contributed by atoms with Crippen LogP contribution < -0.4 is 9.04 Å². The molecule has 0 saturated carbocycles. The quantitative estimate of drug-likeness (QED) is 0.406. The van der Waals surface area contributed by atoms with Crippen molar-refractivity contribution >= 4 is 27.7 Å². The van der Waals surface area contributed by atoms with Gasteiger partial charge in [0.15, 0.2) is 0 Å². The van der Waals surface area contributed by atoms with Gasteiger partial charge < -0.3 is 4.74 Å². The van der Waals surface area contributed by atoms with E-state index < -0.39 is 15.9 Å². The van der Waals surface area contributed by atoms with Crippen molar-refractivity contribution in [3.63, 3.8) is 0 Å². The molecule has 5 nitrogen and oxygen atoms in total. The van der Waals surface area contributed by atoms with Crippen LogP contribution in [0.1, 0.15) is 31.4 Å². The number of rotatable bonds is 9. The fourth-order valence-corrected chi connectivity index (χ4v) is 4.49. The van der Waals surface area contributed by atoms with Crippen LogP contribution in [-0.4, -0.2) is 20.9 Å². The molecule has 0 atom stereocenters. The molecule has 0 saturated heterocycles. The highest BCUT2D eigenvalue weighted by Gasteiger charge is 2.29. The number of carbonyl (C=O) groups excluding carboxylic acids is 1. The monoisotopic (exact) mass is 449 g/mol. The molecule has 3 rings (SSSR count). The van der Waals surface area contributed by atoms with Crippen LogP contribution in [0.25, 0.3) is 6.08 Å². The molecule has 0 unspecified atom stereocenters. The number of aryl methyl sites for hydroxylation is 1. The molecule has 0 aliphatic rings. The molecule has 0 bridgehead atoms. The summed E-state index contributed by atoms with van der Waals surface area (Å²) in [6.45, 7) is 4.69. The van der Waals surface area contributed by atoms with Crippen LogP contribution in [0, 0.1) is 0 Å². The average Bonchev–Trinajstić information content (AvgIpc) is 2.83. The first-order chi connectivity index (χ1) is 15.5. The lowest BCUT2D eigenvalue weighted by Crippen LogP contribution is -2.35. The molecule has 0 radical (unpaired) electrons. The van der Waals surface area contributed by atoms with Gasteiger partial charge in [-0.05, 0) is 66.4 Å². The summed E-state index contributed by atoms with van der Waals surface area (Å²) in [5.41, 5.74) is 2.11. The van der Waals surface area contributed by atoms with Crippen LogP contribution in [-0.2, 0) is 21.2 Å². The number of benzene rings is 3. The summed E-state index contributed by atoms with van der Waals surface area (Å²) in [5, 5.41) is 0. The Hall–Kier alpha value is -3.38. The third kappa shape index (κ3) is 5.65. The number of amides is 1. The van der Waals surface area contributed by atoms with Gasteiger partial charge in [0.2, 0.25) is 0 Å². The first-order valence-electron chi connectivity index (χ1n) is 10.6. The fourth-order valence-electron chi connectivity index (χ4n) is 3.08. The summed E-state index contributed by atoms with van der Waals surface area (Å²) in [5.74, 6) is 0.101. The van der Waals surface area contributed by atoms with E-state index in [0.717, 1.165) is 34.0 Å². The standard InChI is InChI=1S/C26H27NO4S/c1-3-20-31-24-17-12-22(13-18-24)14-19-26(28)27(23-15-10-21(4-2)11-16-23)32(29,30)25-8-6-5-7-9-25/h5-19H,3-4,20H2,1-2H3/b19-14+. The third-order valence-electron chi connectivity index (χ3n) is 4.83. The highest BCUT2D eigenvalue weighted by molar-refractivity contribution is 7.93. The van der Waals surface area contributed by atoms with Crippen LogP contribution >= 0.6 is 0 Å². The number of hydrogen-bond acceptors (Lipinski definition) is 4. The zero-order valence-corrected chi connectivity index (χ0v) is 19.1. The molecule has 6 heteroatoms. The molecule has 3 aromatic rings. The molecule has 1 amide bonds. The second-order valence-electron chi connectivity index (χ2n) is 7.19. The molecule has 0 aromatic heterocycles. The van der Waals surface area contributed by atoms with E-state index in [1.165, 1.54) is 18.2 Å². The van der Waals surface area contributed by atoms with Crippen LogP contribution in [0.3, 0.4) is 0 Å². The van der Waals surface area contributed by atoms with Crippen LogP contribution in [0.5, 0.6) is 5.75 Å². The maximum Gasteiger partial charge on any atom is 0.271 e. The van der Waals surface area contributed by atoms with Gasteiger partial charge in [-0.1, -0.05) is 56.3 Å². The van der Waals surface area contributed by atoms with E-state index in [-0.39, 0.29) is 4.90 Å². The van der Waals surface area contributed by atoms with Gasteiger partial charge in [0.1, 0.15) is 5.75 Å². The lowest BCUT2D eigenvalue weighted by atomic mass is 10.1. The molecule has 0 heterocycles. The Morgan fingerprint density at radius 1 is 0.906 bits per heavy atom. The molecule has 3 aromatic carbocycles. The summed E-state index contributed by atoms with van der Waals surface area (Å²) < 4.78 is 33.1. The largest absolute Gasteiger partial charge is 0.494 e. The minimum absolute atomic E-state index is 0.0544. The van der Waals surface area contributed by atoms with Crippen molar-refractivity contribution < 1.29 is 17.9 Å². The van der Waals surface area contributed by atoms with Crippen LogP contribution in [0.4, 0.5) is 5.69 Å². The summed E-state index contributed by atoms with van der Waals surface area (Å²) in [6, 6.07) is 22.2. The Labute approximate surface area is 190 Å². The first kappa shape index (κ1) is 23.3. The van der Waals surface area contributed by atoms with E-state index in [4.69, 9.17) is 4.74 Å². The SMILES string of the molecule is CCCOc1ccc(/C=C/C(=O)N(c2ccc(CC)cc2)S(=O)(=O)c2ccccc2)cc1. The molecule has 0 aliphatic carbocycles. The summed E-state index contributed by atoms with van der Waals surface area (Å²) >= 11 is 0. The summed E-state index contributed by atoms with van der Waals surface area (Å²) in [4.78, 5) is 13.2. The Bertz CT molecular complexity index is 1150. The second-order valence-corrected chi connectivity index (χ2v) is 8.98. The topological polar surface area (TPSA) is 63.7 Å². The minimum atomic E-state index is -4.08. The fraction of sp³-hybridized carbons (Fsp3) is 0.192. The lowest BCUT2D eigenvalue weighted by molar-refractivity contribution is -0.113. The van der Waals surface area contributed by atoms with Gasteiger partial charge in [-0.3, -0.25) is 4.79 Å². The van der Waals surface area contributed by atoms with E-state index in [0.29, 0.717) is 12.3 Å². The van der Waals surface area contributed by atoms with Crippen molar-refractivity contribution in [2.24, 2.45) is 0 Å². The number of anilines is 1. The van der Waals surface area contributed by atoms with Crippen molar-refractivity contribution in [2.75, 3.05) is 10.9 Å². The number of nitrogens with zero attached hydrogens (tertiary/aromatic N) is 1. The van der Waals surface area contributed by atoms with Gasteiger partial charge in [0.05, 0.1) is 17.2 Å². The molecule has 32 heavy (non-hydrogen) atoms. The van der Waals surface area contributed by atoms with Crippen molar-refractivity contribution in [2.45, 2.75) is 31.6 Å². The Kier molecular flexibility index (Phi) is 7.84. The molecular formula is C26H27NO4S. The van der Waals surface area contributed by atoms with Gasteiger partial charge >= 0.3 is 0 Å². The molecule has 0 aliphatic heterocycles. The van der Waals surface area contributed by atoms with Gasteiger partial charge in [-0.15, -0.1) is 0 Å². The number of hydrogen-bond donors (Lipinski definition) is 0. The van der Waals surface area contributed by atoms with Crippen LogP contribution in [0.15, 0.2) is 89.8 Å². The van der Waals surface area contributed by atoms with Gasteiger partial charge in [-0.2, -0.15) is 4.31 Å². The highest BCUT2D eigenvalue weighted by atomic mass is 32.2. The van der Waals surface area contributed by atoms with E-state index in [2.05, 4.69) is 0 Å². The number of ether oxygens (including phenoxy) is 1. The van der Waals surface area contributed by atoms with Crippen molar-refractivity contribution in [3.8, 4) is 5.75 Å². The normalized spacial score (nSPS) is 11.4. The smallest absolute Gasteiger partial charge is 0.271 e. The lowest BCUT2D eigenvalue weighted by Gasteiger charge is -2.21. The Balaban J connectivity index is 1.92. The van der Waals surface area contributed by atoms with Gasteiger partial charge in [0.25, 0.3) is 15.9 Å². The first-order valence-corrected chi connectivity index (χ1v) is 12.0. The van der Waals surface area contributed by atoms with Crippen molar-refractivity contribution in [1.82, 2.24) is 0 Å². The van der Waals surface area contributed by atoms with Crippen LogP contribution in [0.2, 0.25) is 0 Å². The maximum atomic E-state index is 13.3. The third-order valence-corrected chi connectivity index (χ3v) is 6.57. The van der Waals surface area contributed by atoms with E-state index in [1.807, 2.05) is 50.2 Å². The predicted octanol–water partition coefficient (Wildman–Crippen LogP) is 5.47. The molecule has 166 valence electrons. The highest BCUT2D eigenvalue weighted by Crippen LogP contribution is 2.25. The number of carbonyl (C=O) groups is 1. The van der Waals surface area contributed by atoms with Gasteiger partial charge in [-0.25, -0.2) is 8.42 Å².